The van der Waals surface area contributed by atoms with E-state index in [9.17, 15) is 14.8 Å². The Balaban J connectivity index is 2.12. The quantitative estimate of drug-likeness (QED) is 0.669. The van der Waals surface area contributed by atoms with Crippen LogP contribution in [0.5, 0.6) is 0 Å². The van der Waals surface area contributed by atoms with Crippen molar-refractivity contribution in [2.45, 2.75) is 38.9 Å². The van der Waals surface area contributed by atoms with Crippen molar-refractivity contribution in [3.8, 4) is 0 Å². The second kappa shape index (κ2) is 4.15. The molecule has 2 aliphatic heterocycles. The highest BCUT2D eigenvalue weighted by Gasteiger charge is 2.42. The molecule has 100 valence electrons. The number of Topliss-reactive ketones (excluding diaryl/α,β-unsaturated/α-hetero) is 2. The number of hydrogen-bond acceptors (Lipinski definition) is 5. The minimum Gasteiger partial charge on any atom is -0.370 e. The van der Waals surface area contributed by atoms with Crippen molar-refractivity contribution in [3.05, 3.63) is 34.7 Å². The first-order valence-corrected chi connectivity index (χ1v) is 6.36. The summed E-state index contributed by atoms with van der Waals surface area (Å²) in [4.78, 5) is 25.0. The lowest BCUT2D eigenvalue weighted by Gasteiger charge is -2.35. The van der Waals surface area contributed by atoms with Crippen LogP contribution in [-0.4, -0.2) is 34.0 Å². The molecule has 5 heteroatoms. The molecule has 0 amide bonds. The molecule has 0 saturated carbocycles. The summed E-state index contributed by atoms with van der Waals surface area (Å²) in [6.07, 6.45) is 3.38. The molecule has 0 spiro atoms. The summed E-state index contributed by atoms with van der Waals surface area (Å²) in [5.41, 5.74) is 1.42. The SMILES string of the molecule is C[C@H]1CC2=C(C(=O)C3=C(C2=O)N(O)C=CC3)[C@@H](C)O1. The van der Waals surface area contributed by atoms with Gasteiger partial charge in [0, 0.05) is 29.3 Å². The first-order valence-electron chi connectivity index (χ1n) is 6.36. The fourth-order valence-corrected chi connectivity index (χ4v) is 2.97. The van der Waals surface area contributed by atoms with Crippen molar-refractivity contribution in [1.29, 1.82) is 0 Å². The Kier molecular flexibility index (Phi) is 2.69. The maximum atomic E-state index is 12.5. The molecule has 0 saturated heterocycles. The predicted molar refractivity (Wildman–Crippen MR) is 66.1 cm³/mol. The molecule has 0 aromatic rings. The number of rotatable bonds is 0. The number of carbonyl (C=O) groups excluding carboxylic acids is 2. The van der Waals surface area contributed by atoms with Gasteiger partial charge in [0.25, 0.3) is 0 Å². The van der Waals surface area contributed by atoms with E-state index in [2.05, 4.69) is 0 Å². The lowest BCUT2D eigenvalue weighted by Crippen LogP contribution is -2.40. The van der Waals surface area contributed by atoms with E-state index in [-0.39, 0.29) is 29.5 Å². The van der Waals surface area contributed by atoms with Gasteiger partial charge >= 0.3 is 0 Å². The van der Waals surface area contributed by atoms with Crippen LogP contribution in [0.1, 0.15) is 26.7 Å². The molecule has 0 unspecified atom stereocenters. The van der Waals surface area contributed by atoms with Crippen molar-refractivity contribution in [3.63, 3.8) is 0 Å². The molecule has 1 aliphatic carbocycles. The number of ketones is 2. The Morgan fingerprint density at radius 2 is 2.00 bits per heavy atom. The molecule has 1 N–H and O–H groups in total. The third kappa shape index (κ3) is 1.69. The fraction of sp³-hybridized carbons (Fsp3) is 0.429. The molecular weight excluding hydrogens is 246 g/mol. The fourth-order valence-electron chi connectivity index (χ4n) is 2.97. The number of nitrogens with zero attached hydrogens (tertiary/aromatic N) is 1. The number of allylic oxidation sites excluding steroid dienone is 3. The van der Waals surface area contributed by atoms with Gasteiger partial charge in [0.15, 0.2) is 5.78 Å². The van der Waals surface area contributed by atoms with Gasteiger partial charge in [-0.15, -0.1) is 0 Å². The highest BCUT2D eigenvalue weighted by Crippen LogP contribution is 2.37. The van der Waals surface area contributed by atoms with Crippen molar-refractivity contribution in [2.24, 2.45) is 0 Å². The van der Waals surface area contributed by atoms with E-state index in [1.54, 1.807) is 13.0 Å². The van der Waals surface area contributed by atoms with Gasteiger partial charge in [0.05, 0.1) is 12.2 Å². The Labute approximate surface area is 110 Å². The minimum atomic E-state index is -0.373. The predicted octanol–water partition coefficient (Wildman–Crippen LogP) is 1.49. The summed E-state index contributed by atoms with van der Waals surface area (Å²) in [5.74, 6) is -0.425. The van der Waals surface area contributed by atoms with Gasteiger partial charge in [-0.3, -0.25) is 14.8 Å². The smallest absolute Gasteiger partial charge is 0.208 e. The van der Waals surface area contributed by atoms with Crippen molar-refractivity contribution < 1.29 is 19.5 Å². The Morgan fingerprint density at radius 1 is 1.26 bits per heavy atom. The maximum Gasteiger partial charge on any atom is 0.208 e. The van der Waals surface area contributed by atoms with Crippen molar-refractivity contribution in [2.75, 3.05) is 0 Å². The molecule has 3 rings (SSSR count). The van der Waals surface area contributed by atoms with E-state index in [1.807, 2.05) is 6.92 Å². The number of ether oxygens (including phenoxy) is 1. The largest absolute Gasteiger partial charge is 0.370 e. The number of hydrogen-bond donors (Lipinski definition) is 1. The van der Waals surface area contributed by atoms with Gasteiger partial charge in [0.2, 0.25) is 5.78 Å². The highest BCUT2D eigenvalue weighted by molar-refractivity contribution is 6.25. The lowest BCUT2D eigenvalue weighted by molar-refractivity contribution is -0.124. The second-order valence-corrected chi connectivity index (χ2v) is 5.10. The third-order valence-electron chi connectivity index (χ3n) is 3.75. The average molecular weight is 261 g/mol. The zero-order chi connectivity index (χ0) is 13.7. The van der Waals surface area contributed by atoms with E-state index >= 15 is 0 Å². The summed E-state index contributed by atoms with van der Waals surface area (Å²) in [5, 5.41) is 10.5. The zero-order valence-corrected chi connectivity index (χ0v) is 10.8. The van der Waals surface area contributed by atoms with E-state index in [4.69, 9.17) is 4.74 Å². The summed E-state index contributed by atoms with van der Waals surface area (Å²) in [6, 6.07) is 0. The summed E-state index contributed by atoms with van der Waals surface area (Å²) in [7, 11) is 0. The molecular formula is C14H15NO4. The molecule has 2 heterocycles. The van der Waals surface area contributed by atoms with Gasteiger partial charge in [0.1, 0.15) is 5.70 Å². The van der Waals surface area contributed by atoms with Crippen LogP contribution in [0.25, 0.3) is 0 Å². The van der Waals surface area contributed by atoms with E-state index < -0.39 is 0 Å². The van der Waals surface area contributed by atoms with Crippen LogP contribution in [0.2, 0.25) is 0 Å². The molecule has 0 bridgehead atoms. The second-order valence-electron chi connectivity index (χ2n) is 5.10. The Bertz CT molecular complexity index is 570. The average Bonchev–Trinajstić information content (AvgIpc) is 2.35. The molecule has 2 atom stereocenters. The van der Waals surface area contributed by atoms with Gasteiger partial charge in [-0.25, -0.2) is 5.06 Å². The molecule has 0 aromatic carbocycles. The Morgan fingerprint density at radius 3 is 2.74 bits per heavy atom. The highest BCUT2D eigenvalue weighted by atomic mass is 16.5. The summed E-state index contributed by atoms with van der Waals surface area (Å²) < 4.78 is 5.63. The van der Waals surface area contributed by atoms with Crippen LogP contribution in [0.4, 0.5) is 0 Å². The van der Waals surface area contributed by atoms with Crippen LogP contribution in [0, 0.1) is 0 Å². The molecule has 0 aromatic heterocycles. The molecule has 0 fully saturated rings. The lowest BCUT2D eigenvalue weighted by atomic mass is 9.79. The van der Waals surface area contributed by atoms with E-state index in [1.165, 1.54) is 6.20 Å². The first-order chi connectivity index (χ1) is 9.00. The monoisotopic (exact) mass is 261 g/mol. The van der Waals surface area contributed by atoms with Crippen LogP contribution in [0.15, 0.2) is 34.7 Å². The standard InChI is InChI=1S/C14H15NO4/c1-7-6-10-11(8(2)19-7)13(16)9-4-3-5-15(18)12(9)14(10)17/h3,5,7-8,18H,4,6H2,1-2H3/t7-,8+/m0/s1. The summed E-state index contributed by atoms with van der Waals surface area (Å²) >= 11 is 0. The van der Waals surface area contributed by atoms with E-state index in [0.29, 0.717) is 29.6 Å². The van der Waals surface area contributed by atoms with Crippen molar-refractivity contribution in [1.82, 2.24) is 5.06 Å². The first kappa shape index (κ1) is 12.3. The van der Waals surface area contributed by atoms with Gasteiger partial charge in [-0.05, 0) is 20.3 Å². The molecule has 5 nitrogen and oxygen atoms in total. The normalized spacial score (nSPS) is 30.8. The van der Waals surface area contributed by atoms with Gasteiger partial charge in [-0.2, -0.15) is 0 Å². The maximum absolute atomic E-state index is 12.5. The van der Waals surface area contributed by atoms with E-state index in [0.717, 1.165) is 5.06 Å². The van der Waals surface area contributed by atoms with Crippen LogP contribution in [-0.2, 0) is 14.3 Å². The van der Waals surface area contributed by atoms with Crippen LogP contribution < -0.4 is 0 Å². The van der Waals surface area contributed by atoms with Gasteiger partial charge < -0.3 is 4.74 Å². The minimum absolute atomic E-state index is 0.0982. The summed E-state index contributed by atoms with van der Waals surface area (Å²) in [6.45, 7) is 3.66. The van der Waals surface area contributed by atoms with Crippen LogP contribution in [0.3, 0.4) is 0 Å². The van der Waals surface area contributed by atoms with Crippen molar-refractivity contribution >= 4 is 11.6 Å². The molecule has 19 heavy (non-hydrogen) atoms. The third-order valence-corrected chi connectivity index (χ3v) is 3.75. The zero-order valence-electron chi connectivity index (χ0n) is 10.8. The molecule has 3 aliphatic rings. The number of hydroxylamine groups is 2. The topological polar surface area (TPSA) is 66.8 Å². The molecule has 0 radical (unpaired) electrons. The van der Waals surface area contributed by atoms with Crippen LogP contribution >= 0.6 is 0 Å². The Hall–Kier alpha value is -1.72. The van der Waals surface area contributed by atoms with Gasteiger partial charge in [-0.1, -0.05) is 6.08 Å². The number of carbonyl (C=O) groups is 2.